The molecule has 0 saturated heterocycles. The summed E-state index contributed by atoms with van der Waals surface area (Å²) in [5.74, 6) is 0.677. The molecule has 4 heteroatoms. The molecule has 4 nitrogen and oxygen atoms in total. The van der Waals surface area contributed by atoms with E-state index in [1.807, 2.05) is 60.7 Å². The molecule has 0 unspecified atom stereocenters. The number of furan rings is 1. The number of benzene rings is 5. The second-order valence-electron chi connectivity index (χ2n) is 10.5. The molecule has 0 fully saturated rings. The fraction of sp³-hybridized carbons (Fsp3) is 0. The number of nitrogens with zero attached hydrogens (tertiary/aromatic N) is 3. The number of hydrogen-bond donors (Lipinski definition) is 0. The highest BCUT2D eigenvalue weighted by molar-refractivity contribution is 6.09. The monoisotopic (exact) mass is 551 g/mol. The number of pyridine rings is 1. The van der Waals surface area contributed by atoms with Gasteiger partial charge in [0.05, 0.1) is 11.4 Å². The molecule has 0 aliphatic rings. The summed E-state index contributed by atoms with van der Waals surface area (Å²) in [5.41, 5.74) is 10.7. The van der Waals surface area contributed by atoms with Crippen molar-refractivity contribution in [3.8, 4) is 56.2 Å². The van der Waals surface area contributed by atoms with E-state index in [-0.39, 0.29) is 0 Å². The van der Waals surface area contributed by atoms with E-state index >= 15 is 0 Å². The van der Waals surface area contributed by atoms with E-state index in [9.17, 15) is 0 Å². The summed E-state index contributed by atoms with van der Waals surface area (Å²) >= 11 is 0. The molecule has 0 amide bonds. The predicted molar refractivity (Wildman–Crippen MR) is 174 cm³/mol. The van der Waals surface area contributed by atoms with Crippen LogP contribution in [0.4, 0.5) is 0 Å². The first-order valence-corrected chi connectivity index (χ1v) is 14.3. The van der Waals surface area contributed by atoms with Gasteiger partial charge in [0, 0.05) is 45.4 Å². The quantitative estimate of drug-likeness (QED) is 0.214. The van der Waals surface area contributed by atoms with Gasteiger partial charge in [-0.25, -0.2) is 9.97 Å². The summed E-state index contributed by atoms with van der Waals surface area (Å²) in [7, 11) is 0. The topological polar surface area (TPSA) is 51.8 Å². The lowest BCUT2D eigenvalue weighted by Crippen LogP contribution is -1.96. The fourth-order valence-corrected chi connectivity index (χ4v) is 5.68. The molecule has 0 spiro atoms. The van der Waals surface area contributed by atoms with Crippen LogP contribution in [0.5, 0.6) is 0 Å². The van der Waals surface area contributed by atoms with Crippen molar-refractivity contribution in [2.45, 2.75) is 0 Å². The van der Waals surface area contributed by atoms with Gasteiger partial charge in [0.1, 0.15) is 11.2 Å². The molecule has 43 heavy (non-hydrogen) atoms. The van der Waals surface area contributed by atoms with Crippen LogP contribution in [0, 0.1) is 0 Å². The van der Waals surface area contributed by atoms with Gasteiger partial charge in [-0.2, -0.15) is 0 Å². The van der Waals surface area contributed by atoms with E-state index in [4.69, 9.17) is 14.4 Å². The molecule has 0 saturated carbocycles. The zero-order valence-electron chi connectivity index (χ0n) is 23.2. The summed E-state index contributed by atoms with van der Waals surface area (Å²) in [6, 6.07) is 47.9. The molecule has 0 bridgehead atoms. The van der Waals surface area contributed by atoms with Gasteiger partial charge < -0.3 is 4.42 Å². The van der Waals surface area contributed by atoms with Crippen molar-refractivity contribution in [1.82, 2.24) is 15.0 Å². The minimum Gasteiger partial charge on any atom is -0.455 e. The Morgan fingerprint density at radius 1 is 0.419 bits per heavy atom. The Labute approximate surface area is 249 Å². The fourth-order valence-electron chi connectivity index (χ4n) is 5.68. The van der Waals surface area contributed by atoms with Crippen LogP contribution < -0.4 is 0 Å². The molecule has 5 aromatic carbocycles. The molecule has 8 rings (SSSR count). The molecule has 3 heterocycles. The Hall–Kier alpha value is -5.87. The summed E-state index contributed by atoms with van der Waals surface area (Å²) in [6.45, 7) is 0. The maximum Gasteiger partial charge on any atom is 0.160 e. The van der Waals surface area contributed by atoms with Gasteiger partial charge >= 0.3 is 0 Å². The number of fused-ring (bicyclic) bond motifs is 3. The smallest absolute Gasteiger partial charge is 0.160 e. The van der Waals surface area contributed by atoms with Crippen LogP contribution in [0.25, 0.3) is 78.1 Å². The number of hydrogen-bond acceptors (Lipinski definition) is 4. The Morgan fingerprint density at radius 3 is 1.84 bits per heavy atom. The average molecular weight is 552 g/mol. The van der Waals surface area contributed by atoms with Gasteiger partial charge in [-0.3, -0.25) is 4.98 Å². The Kier molecular flexibility index (Phi) is 6.08. The number of para-hydroxylation sites is 2. The van der Waals surface area contributed by atoms with Crippen molar-refractivity contribution in [3.63, 3.8) is 0 Å². The van der Waals surface area contributed by atoms with Crippen LogP contribution >= 0.6 is 0 Å². The van der Waals surface area contributed by atoms with Crippen molar-refractivity contribution < 1.29 is 4.42 Å². The molecule has 0 radical (unpaired) electrons. The van der Waals surface area contributed by atoms with Crippen molar-refractivity contribution in [2.24, 2.45) is 0 Å². The highest BCUT2D eigenvalue weighted by atomic mass is 16.3. The molecule has 0 aliphatic carbocycles. The van der Waals surface area contributed by atoms with Crippen LogP contribution in [-0.4, -0.2) is 15.0 Å². The largest absolute Gasteiger partial charge is 0.455 e. The summed E-state index contributed by atoms with van der Waals surface area (Å²) in [5, 5.41) is 2.22. The zero-order valence-corrected chi connectivity index (χ0v) is 23.2. The SMILES string of the molecule is c1ccc(-c2cc(-c3cc(-c4ccncc4)nc(-c4ccccc4)n3)cc(-c3cccc4c3oc3ccccc34)c2)cc1. The molecule has 8 aromatic rings. The van der Waals surface area contributed by atoms with Gasteiger partial charge in [0.2, 0.25) is 0 Å². The minimum atomic E-state index is 0.677. The maximum atomic E-state index is 6.45. The first-order valence-electron chi connectivity index (χ1n) is 14.3. The maximum absolute atomic E-state index is 6.45. The van der Waals surface area contributed by atoms with Gasteiger partial charge in [0.25, 0.3) is 0 Å². The third kappa shape index (κ3) is 4.65. The average Bonchev–Trinajstić information content (AvgIpc) is 3.48. The van der Waals surface area contributed by atoms with Crippen LogP contribution in [0.2, 0.25) is 0 Å². The first kappa shape index (κ1) is 24.9. The first-order chi connectivity index (χ1) is 21.3. The highest BCUT2D eigenvalue weighted by Crippen LogP contribution is 2.39. The van der Waals surface area contributed by atoms with Crippen molar-refractivity contribution in [1.29, 1.82) is 0 Å². The lowest BCUT2D eigenvalue weighted by molar-refractivity contribution is 0.670. The summed E-state index contributed by atoms with van der Waals surface area (Å²) < 4.78 is 6.45. The normalized spacial score (nSPS) is 11.3. The van der Waals surface area contributed by atoms with Crippen molar-refractivity contribution >= 4 is 21.9 Å². The van der Waals surface area contributed by atoms with Gasteiger partial charge in [-0.15, -0.1) is 0 Å². The Bertz CT molecular complexity index is 2170. The van der Waals surface area contributed by atoms with Crippen LogP contribution in [-0.2, 0) is 0 Å². The van der Waals surface area contributed by atoms with E-state index in [1.54, 1.807) is 12.4 Å². The van der Waals surface area contributed by atoms with Crippen molar-refractivity contribution in [2.75, 3.05) is 0 Å². The lowest BCUT2D eigenvalue weighted by Gasteiger charge is -2.13. The zero-order chi connectivity index (χ0) is 28.6. The van der Waals surface area contributed by atoms with Crippen LogP contribution in [0.3, 0.4) is 0 Å². The molecular formula is C39H25N3O. The standard InChI is InChI=1S/C39H25N3O/c1-3-10-26(11-4-1)29-22-30(32-15-9-16-34-33-14-7-8-17-37(33)43-38(32)34)24-31(23-29)36-25-35(27-18-20-40-21-19-27)41-39(42-36)28-12-5-2-6-13-28/h1-25H. The van der Waals surface area contributed by atoms with Crippen LogP contribution in [0.1, 0.15) is 0 Å². The lowest BCUT2D eigenvalue weighted by atomic mass is 9.93. The summed E-state index contributed by atoms with van der Waals surface area (Å²) in [6.07, 6.45) is 3.59. The third-order valence-electron chi connectivity index (χ3n) is 7.79. The van der Waals surface area contributed by atoms with E-state index in [2.05, 4.69) is 83.8 Å². The Morgan fingerprint density at radius 2 is 1.05 bits per heavy atom. The van der Waals surface area contributed by atoms with E-state index in [0.717, 1.165) is 72.3 Å². The highest BCUT2D eigenvalue weighted by Gasteiger charge is 2.16. The summed E-state index contributed by atoms with van der Waals surface area (Å²) in [4.78, 5) is 14.3. The van der Waals surface area contributed by atoms with Crippen molar-refractivity contribution in [3.05, 3.63) is 152 Å². The molecule has 202 valence electrons. The van der Waals surface area contributed by atoms with Gasteiger partial charge in [-0.05, 0) is 59.2 Å². The number of aromatic nitrogens is 3. The molecule has 0 atom stereocenters. The minimum absolute atomic E-state index is 0.677. The van der Waals surface area contributed by atoms with Gasteiger partial charge in [0.15, 0.2) is 5.82 Å². The Balaban J connectivity index is 1.38. The second kappa shape index (κ2) is 10.5. The molecule has 0 aliphatic heterocycles. The number of rotatable bonds is 5. The molecular weight excluding hydrogens is 526 g/mol. The third-order valence-corrected chi connectivity index (χ3v) is 7.79. The molecule has 0 N–H and O–H groups in total. The van der Waals surface area contributed by atoms with E-state index in [1.165, 1.54) is 0 Å². The predicted octanol–water partition coefficient (Wildman–Crippen LogP) is 10.1. The van der Waals surface area contributed by atoms with E-state index < -0.39 is 0 Å². The van der Waals surface area contributed by atoms with E-state index in [0.29, 0.717) is 5.82 Å². The van der Waals surface area contributed by atoms with Gasteiger partial charge in [-0.1, -0.05) is 97.1 Å². The molecule has 3 aromatic heterocycles. The second-order valence-corrected chi connectivity index (χ2v) is 10.5. The van der Waals surface area contributed by atoms with Crippen LogP contribution in [0.15, 0.2) is 156 Å².